The average Bonchev–Trinajstić information content (AvgIpc) is 2.31. The Bertz CT molecular complexity index is 429. The van der Waals surface area contributed by atoms with Gasteiger partial charge in [0.05, 0.1) is 13.0 Å². The lowest BCUT2D eigenvalue weighted by Gasteiger charge is -2.10. The summed E-state index contributed by atoms with van der Waals surface area (Å²) < 4.78 is 29.3. The van der Waals surface area contributed by atoms with Gasteiger partial charge in [-0.15, -0.1) is 0 Å². The number of alkyl halides is 2. The fraction of sp³-hybridized carbons (Fsp3) is 0.462. The molecule has 106 valence electrons. The molecule has 1 N–H and O–H groups in total. The van der Waals surface area contributed by atoms with Crippen molar-refractivity contribution in [2.75, 3.05) is 18.5 Å². The average molecular weight is 336 g/mol. The number of carbonyl (C=O) groups is 1. The third-order valence-corrected chi connectivity index (χ3v) is 3.69. The Labute approximate surface area is 119 Å². The smallest absolute Gasteiger partial charge is 0.261 e. The molecule has 0 saturated carbocycles. The highest BCUT2D eigenvalue weighted by molar-refractivity contribution is 9.10. The first-order valence-corrected chi connectivity index (χ1v) is 6.62. The summed E-state index contributed by atoms with van der Waals surface area (Å²) in [6, 6.07) is 3.68. The van der Waals surface area contributed by atoms with Gasteiger partial charge in [-0.2, -0.15) is 0 Å². The van der Waals surface area contributed by atoms with Gasteiger partial charge in [0.25, 0.3) is 6.43 Å². The summed E-state index contributed by atoms with van der Waals surface area (Å²) in [5.41, 5.74) is 2.73. The van der Waals surface area contributed by atoms with Crippen molar-refractivity contribution >= 4 is 27.5 Å². The molecule has 1 amide bonds. The molecule has 0 aliphatic rings. The minimum absolute atomic E-state index is 0.00926. The second kappa shape index (κ2) is 7.55. The fourth-order valence-corrected chi connectivity index (χ4v) is 1.81. The minimum Gasteiger partial charge on any atom is -0.375 e. The standard InChI is InChI=1S/C13H16BrF2NO2/c1-8-5-10(6-9(2)13(8)14)17-12(18)3-4-19-7-11(15)16/h5-6,11H,3-4,7H2,1-2H3,(H,17,18). The van der Waals surface area contributed by atoms with Crippen molar-refractivity contribution in [3.8, 4) is 0 Å². The molecule has 0 bridgehead atoms. The molecule has 1 rings (SSSR count). The van der Waals surface area contributed by atoms with Gasteiger partial charge in [-0.05, 0) is 37.1 Å². The molecule has 0 aliphatic carbocycles. The van der Waals surface area contributed by atoms with Crippen molar-refractivity contribution in [2.24, 2.45) is 0 Å². The number of aryl methyl sites for hydroxylation is 2. The zero-order valence-corrected chi connectivity index (χ0v) is 12.4. The highest BCUT2D eigenvalue weighted by atomic mass is 79.9. The molecule has 0 heterocycles. The number of anilines is 1. The first kappa shape index (κ1) is 16.0. The topological polar surface area (TPSA) is 38.3 Å². The summed E-state index contributed by atoms with van der Waals surface area (Å²) in [7, 11) is 0. The van der Waals surface area contributed by atoms with Crippen LogP contribution in [0.3, 0.4) is 0 Å². The van der Waals surface area contributed by atoms with Crippen LogP contribution in [0, 0.1) is 13.8 Å². The highest BCUT2D eigenvalue weighted by Gasteiger charge is 2.07. The Balaban J connectivity index is 2.44. The van der Waals surface area contributed by atoms with E-state index >= 15 is 0 Å². The van der Waals surface area contributed by atoms with Crippen molar-refractivity contribution in [3.05, 3.63) is 27.7 Å². The number of hydrogen-bond donors (Lipinski definition) is 1. The van der Waals surface area contributed by atoms with Crippen molar-refractivity contribution in [1.82, 2.24) is 0 Å². The molecule has 0 atom stereocenters. The van der Waals surface area contributed by atoms with E-state index in [4.69, 9.17) is 0 Å². The quantitative estimate of drug-likeness (QED) is 0.805. The summed E-state index contributed by atoms with van der Waals surface area (Å²) >= 11 is 3.44. The third kappa shape index (κ3) is 5.65. The molecule has 6 heteroatoms. The highest BCUT2D eigenvalue weighted by Crippen LogP contribution is 2.24. The molecule has 19 heavy (non-hydrogen) atoms. The number of carbonyl (C=O) groups excluding carboxylic acids is 1. The van der Waals surface area contributed by atoms with Crippen LogP contribution in [-0.4, -0.2) is 25.5 Å². The van der Waals surface area contributed by atoms with Gasteiger partial charge in [0.15, 0.2) is 0 Å². The van der Waals surface area contributed by atoms with E-state index in [0.717, 1.165) is 15.6 Å². The van der Waals surface area contributed by atoms with Crippen molar-refractivity contribution < 1.29 is 18.3 Å². The van der Waals surface area contributed by atoms with Gasteiger partial charge in [0, 0.05) is 10.2 Å². The van der Waals surface area contributed by atoms with Crippen molar-refractivity contribution in [2.45, 2.75) is 26.7 Å². The molecule has 0 saturated heterocycles. The molecule has 0 fully saturated rings. The molecule has 0 aromatic heterocycles. The number of nitrogens with one attached hydrogen (secondary N) is 1. The lowest BCUT2D eigenvalue weighted by molar-refractivity contribution is -0.117. The van der Waals surface area contributed by atoms with Gasteiger partial charge < -0.3 is 10.1 Å². The fourth-order valence-electron chi connectivity index (χ4n) is 1.58. The lowest BCUT2D eigenvalue weighted by Crippen LogP contribution is -2.15. The second-order valence-electron chi connectivity index (χ2n) is 4.19. The summed E-state index contributed by atoms with van der Waals surface area (Å²) in [4.78, 5) is 11.6. The maximum atomic E-state index is 11.8. The number of rotatable bonds is 6. The monoisotopic (exact) mass is 335 g/mol. The van der Waals surface area contributed by atoms with Crippen molar-refractivity contribution in [3.63, 3.8) is 0 Å². The van der Waals surface area contributed by atoms with Crippen LogP contribution in [0.15, 0.2) is 16.6 Å². The summed E-state index contributed by atoms with van der Waals surface area (Å²) in [5, 5.41) is 2.71. The molecule has 0 spiro atoms. The second-order valence-corrected chi connectivity index (χ2v) is 4.98. The van der Waals surface area contributed by atoms with E-state index in [1.165, 1.54) is 0 Å². The predicted molar refractivity (Wildman–Crippen MR) is 73.7 cm³/mol. The molecule has 1 aromatic carbocycles. The van der Waals surface area contributed by atoms with Crippen LogP contribution in [-0.2, 0) is 9.53 Å². The van der Waals surface area contributed by atoms with E-state index in [1.54, 1.807) is 0 Å². The van der Waals surface area contributed by atoms with Crippen LogP contribution < -0.4 is 5.32 Å². The Kier molecular flexibility index (Phi) is 6.37. The van der Waals surface area contributed by atoms with E-state index in [0.29, 0.717) is 5.69 Å². The Hall–Kier alpha value is -1.01. The molecule has 1 aromatic rings. The molecular formula is C13H16BrF2NO2. The van der Waals surface area contributed by atoms with Crippen molar-refractivity contribution in [1.29, 1.82) is 0 Å². The van der Waals surface area contributed by atoms with Crippen LogP contribution >= 0.6 is 15.9 Å². The Morgan fingerprint density at radius 2 is 1.95 bits per heavy atom. The SMILES string of the molecule is Cc1cc(NC(=O)CCOCC(F)F)cc(C)c1Br. The Morgan fingerprint density at radius 3 is 2.47 bits per heavy atom. The summed E-state index contributed by atoms with van der Waals surface area (Å²) in [6.45, 7) is 3.21. The predicted octanol–water partition coefficient (Wildman–Crippen LogP) is 3.68. The summed E-state index contributed by atoms with van der Waals surface area (Å²) in [5.74, 6) is -0.254. The van der Waals surface area contributed by atoms with Gasteiger partial charge in [0.2, 0.25) is 5.91 Å². The first-order valence-electron chi connectivity index (χ1n) is 5.82. The number of hydrogen-bond acceptors (Lipinski definition) is 2. The molecule has 0 aliphatic heterocycles. The zero-order chi connectivity index (χ0) is 14.4. The molecule has 3 nitrogen and oxygen atoms in total. The zero-order valence-electron chi connectivity index (χ0n) is 10.8. The van der Waals surface area contributed by atoms with Crippen LogP contribution in [0.5, 0.6) is 0 Å². The van der Waals surface area contributed by atoms with Crippen LogP contribution in [0.25, 0.3) is 0 Å². The van der Waals surface area contributed by atoms with Gasteiger partial charge in [-0.25, -0.2) is 8.78 Å². The van der Waals surface area contributed by atoms with E-state index < -0.39 is 13.0 Å². The van der Waals surface area contributed by atoms with Gasteiger partial charge in [0.1, 0.15) is 6.61 Å². The van der Waals surface area contributed by atoms with E-state index in [2.05, 4.69) is 26.0 Å². The van der Waals surface area contributed by atoms with E-state index in [-0.39, 0.29) is 18.9 Å². The Morgan fingerprint density at radius 1 is 1.37 bits per heavy atom. The van der Waals surface area contributed by atoms with Crippen LogP contribution in [0.1, 0.15) is 17.5 Å². The number of amides is 1. The number of ether oxygens (including phenoxy) is 1. The summed E-state index contributed by atoms with van der Waals surface area (Å²) in [6.07, 6.45) is -2.44. The first-order chi connectivity index (χ1) is 8.90. The van der Waals surface area contributed by atoms with Crippen LogP contribution in [0.2, 0.25) is 0 Å². The number of halogens is 3. The molecule has 0 radical (unpaired) electrons. The number of benzene rings is 1. The van der Waals surface area contributed by atoms with E-state index in [1.807, 2.05) is 26.0 Å². The minimum atomic E-state index is -2.50. The molecule has 0 unspecified atom stereocenters. The lowest BCUT2D eigenvalue weighted by atomic mass is 10.1. The maximum Gasteiger partial charge on any atom is 0.261 e. The third-order valence-electron chi connectivity index (χ3n) is 2.44. The van der Waals surface area contributed by atoms with Crippen LogP contribution in [0.4, 0.5) is 14.5 Å². The van der Waals surface area contributed by atoms with Gasteiger partial charge in [-0.1, -0.05) is 15.9 Å². The maximum absolute atomic E-state index is 11.8. The normalized spacial score (nSPS) is 10.8. The van der Waals surface area contributed by atoms with Gasteiger partial charge >= 0.3 is 0 Å². The largest absolute Gasteiger partial charge is 0.375 e. The molecular weight excluding hydrogens is 320 g/mol. The van der Waals surface area contributed by atoms with Gasteiger partial charge in [-0.3, -0.25) is 4.79 Å². The van der Waals surface area contributed by atoms with E-state index in [9.17, 15) is 13.6 Å².